The molecule has 0 heterocycles. The molecule has 15 heavy (non-hydrogen) atoms. The molecular formula is C11H12BrN3. The molecule has 1 aromatic carbocycles. The lowest BCUT2D eigenvalue weighted by Crippen LogP contribution is -2.44. The normalized spacial score (nSPS) is 24.1. The lowest BCUT2D eigenvalue weighted by molar-refractivity contribution is 0.373. The van der Waals surface area contributed by atoms with Gasteiger partial charge in [0.15, 0.2) is 0 Å². The van der Waals surface area contributed by atoms with Gasteiger partial charge in [-0.1, -0.05) is 15.9 Å². The Balaban J connectivity index is 2.08. The molecule has 0 spiro atoms. The number of nitriles is 1. The van der Waals surface area contributed by atoms with Crippen molar-refractivity contribution in [1.29, 1.82) is 5.26 Å². The van der Waals surface area contributed by atoms with Gasteiger partial charge < -0.3 is 11.1 Å². The molecule has 3 nitrogen and oxygen atoms in total. The predicted molar refractivity (Wildman–Crippen MR) is 63.5 cm³/mol. The monoisotopic (exact) mass is 265 g/mol. The molecule has 0 bridgehead atoms. The van der Waals surface area contributed by atoms with Gasteiger partial charge in [-0.05, 0) is 31.0 Å². The van der Waals surface area contributed by atoms with E-state index in [-0.39, 0.29) is 0 Å². The molecule has 0 atom stereocenters. The number of rotatable bonds is 2. The second-order valence-corrected chi connectivity index (χ2v) is 4.83. The highest BCUT2D eigenvalue weighted by Crippen LogP contribution is 2.25. The summed E-state index contributed by atoms with van der Waals surface area (Å²) >= 11 is 3.38. The van der Waals surface area contributed by atoms with Crippen LogP contribution >= 0.6 is 15.9 Å². The average molecular weight is 266 g/mol. The van der Waals surface area contributed by atoms with Gasteiger partial charge in [-0.25, -0.2) is 0 Å². The van der Waals surface area contributed by atoms with Gasteiger partial charge in [0.05, 0.1) is 11.6 Å². The van der Waals surface area contributed by atoms with E-state index in [1.165, 1.54) is 0 Å². The lowest BCUT2D eigenvalue weighted by Gasteiger charge is -2.33. The van der Waals surface area contributed by atoms with Gasteiger partial charge in [-0.2, -0.15) is 5.26 Å². The number of nitrogens with two attached hydrogens (primary N) is 1. The van der Waals surface area contributed by atoms with Gasteiger partial charge >= 0.3 is 0 Å². The first-order valence-electron chi connectivity index (χ1n) is 4.90. The molecule has 3 N–H and O–H groups in total. The van der Waals surface area contributed by atoms with E-state index in [1.807, 2.05) is 12.1 Å². The Labute approximate surface area is 97.4 Å². The molecular weight excluding hydrogens is 254 g/mol. The summed E-state index contributed by atoms with van der Waals surface area (Å²) in [6.45, 7) is 0. The van der Waals surface area contributed by atoms with Gasteiger partial charge in [0, 0.05) is 22.2 Å². The van der Waals surface area contributed by atoms with E-state index in [0.29, 0.717) is 17.6 Å². The molecule has 0 saturated heterocycles. The standard InChI is InChI=1S/C11H12BrN3/c12-8-1-7(6-13)2-10(3-8)15-11-4-9(14)5-11/h1-3,9,11,15H,4-5,14H2. The van der Waals surface area contributed by atoms with Gasteiger partial charge in [0.2, 0.25) is 0 Å². The van der Waals surface area contributed by atoms with Crippen molar-refractivity contribution < 1.29 is 0 Å². The van der Waals surface area contributed by atoms with E-state index in [9.17, 15) is 0 Å². The van der Waals surface area contributed by atoms with Gasteiger partial charge in [-0.3, -0.25) is 0 Å². The van der Waals surface area contributed by atoms with Crippen LogP contribution in [0.5, 0.6) is 0 Å². The maximum absolute atomic E-state index is 8.82. The summed E-state index contributed by atoms with van der Waals surface area (Å²) < 4.78 is 0.924. The van der Waals surface area contributed by atoms with Gasteiger partial charge in [0.25, 0.3) is 0 Å². The zero-order valence-corrected chi connectivity index (χ0v) is 9.79. The quantitative estimate of drug-likeness (QED) is 0.862. The van der Waals surface area contributed by atoms with Crippen molar-refractivity contribution in [2.75, 3.05) is 5.32 Å². The Kier molecular flexibility index (Phi) is 2.94. The molecule has 1 fully saturated rings. The molecule has 0 radical (unpaired) electrons. The largest absolute Gasteiger partial charge is 0.382 e. The van der Waals surface area contributed by atoms with E-state index in [4.69, 9.17) is 11.0 Å². The van der Waals surface area contributed by atoms with Crippen LogP contribution in [0.1, 0.15) is 18.4 Å². The Bertz CT molecular complexity index is 405. The van der Waals surface area contributed by atoms with Crippen molar-refractivity contribution in [3.63, 3.8) is 0 Å². The number of halogens is 1. The van der Waals surface area contributed by atoms with Crippen LogP contribution < -0.4 is 11.1 Å². The molecule has 1 aromatic rings. The minimum atomic E-state index is 0.338. The topological polar surface area (TPSA) is 61.8 Å². The van der Waals surface area contributed by atoms with Crippen LogP contribution in [-0.2, 0) is 0 Å². The summed E-state index contributed by atoms with van der Waals surface area (Å²) in [4.78, 5) is 0. The summed E-state index contributed by atoms with van der Waals surface area (Å²) in [5.41, 5.74) is 7.35. The molecule has 1 aliphatic carbocycles. The lowest BCUT2D eigenvalue weighted by atomic mass is 9.87. The molecule has 78 valence electrons. The van der Waals surface area contributed by atoms with Crippen LogP contribution in [0.25, 0.3) is 0 Å². The smallest absolute Gasteiger partial charge is 0.0992 e. The van der Waals surface area contributed by atoms with Crippen molar-refractivity contribution in [2.45, 2.75) is 24.9 Å². The first-order valence-corrected chi connectivity index (χ1v) is 5.69. The maximum Gasteiger partial charge on any atom is 0.0992 e. The molecule has 0 unspecified atom stereocenters. The van der Waals surface area contributed by atoms with E-state index in [2.05, 4.69) is 27.3 Å². The van der Waals surface area contributed by atoms with E-state index in [1.54, 1.807) is 6.07 Å². The molecule has 0 aliphatic heterocycles. The number of hydrogen-bond acceptors (Lipinski definition) is 3. The fourth-order valence-corrected chi connectivity index (χ4v) is 2.25. The Morgan fingerprint density at radius 1 is 1.40 bits per heavy atom. The number of benzene rings is 1. The van der Waals surface area contributed by atoms with Crippen LogP contribution in [0.2, 0.25) is 0 Å². The Hall–Kier alpha value is -1.05. The summed E-state index contributed by atoms with van der Waals surface area (Å²) in [5.74, 6) is 0. The first-order chi connectivity index (χ1) is 7.17. The molecule has 0 aromatic heterocycles. The molecule has 1 saturated carbocycles. The van der Waals surface area contributed by atoms with Crippen LogP contribution in [0, 0.1) is 11.3 Å². The SMILES string of the molecule is N#Cc1cc(Br)cc(NC2CC(N)C2)c1. The number of nitrogens with zero attached hydrogens (tertiary/aromatic N) is 1. The van der Waals surface area contributed by atoms with Crippen molar-refractivity contribution in [2.24, 2.45) is 5.73 Å². The van der Waals surface area contributed by atoms with E-state index < -0.39 is 0 Å². The minimum Gasteiger partial charge on any atom is -0.382 e. The van der Waals surface area contributed by atoms with E-state index >= 15 is 0 Å². The second kappa shape index (κ2) is 4.21. The van der Waals surface area contributed by atoms with Gasteiger partial charge in [0.1, 0.15) is 0 Å². The average Bonchev–Trinajstić information content (AvgIpc) is 2.14. The Morgan fingerprint density at radius 2 is 2.13 bits per heavy atom. The fraction of sp³-hybridized carbons (Fsp3) is 0.364. The minimum absolute atomic E-state index is 0.338. The molecule has 0 amide bonds. The molecule has 1 aliphatic rings. The van der Waals surface area contributed by atoms with Crippen molar-refractivity contribution in [3.05, 3.63) is 28.2 Å². The summed E-state index contributed by atoms with van der Waals surface area (Å²) in [6, 6.07) is 8.56. The summed E-state index contributed by atoms with van der Waals surface area (Å²) in [5, 5.41) is 12.2. The van der Waals surface area contributed by atoms with Crippen molar-refractivity contribution in [1.82, 2.24) is 0 Å². The highest BCUT2D eigenvalue weighted by atomic mass is 79.9. The fourth-order valence-electron chi connectivity index (χ4n) is 1.75. The zero-order valence-electron chi connectivity index (χ0n) is 8.20. The number of nitrogens with one attached hydrogen (secondary N) is 1. The third kappa shape index (κ3) is 2.49. The summed E-state index contributed by atoms with van der Waals surface area (Å²) in [6.07, 6.45) is 2.02. The highest BCUT2D eigenvalue weighted by Gasteiger charge is 2.25. The van der Waals surface area contributed by atoms with Crippen LogP contribution in [0.15, 0.2) is 22.7 Å². The van der Waals surface area contributed by atoms with E-state index in [0.717, 1.165) is 23.0 Å². The third-order valence-corrected chi connectivity index (χ3v) is 3.03. The second-order valence-electron chi connectivity index (χ2n) is 3.91. The maximum atomic E-state index is 8.82. The van der Waals surface area contributed by atoms with Crippen LogP contribution in [0.4, 0.5) is 5.69 Å². The highest BCUT2D eigenvalue weighted by molar-refractivity contribution is 9.10. The molecule has 4 heteroatoms. The number of hydrogen-bond donors (Lipinski definition) is 2. The Morgan fingerprint density at radius 3 is 2.73 bits per heavy atom. The number of anilines is 1. The zero-order chi connectivity index (χ0) is 10.8. The predicted octanol–water partition coefficient (Wildman–Crippen LogP) is 2.22. The third-order valence-electron chi connectivity index (χ3n) is 2.57. The molecule has 2 rings (SSSR count). The summed E-state index contributed by atoms with van der Waals surface area (Å²) in [7, 11) is 0. The van der Waals surface area contributed by atoms with Crippen molar-refractivity contribution in [3.8, 4) is 6.07 Å². The first kappa shape index (κ1) is 10.5. The van der Waals surface area contributed by atoms with Crippen LogP contribution in [-0.4, -0.2) is 12.1 Å². The van der Waals surface area contributed by atoms with Crippen LogP contribution in [0.3, 0.4) is 0 Å². The van der Waals surface area contributed by atoms with Crippen molar-refractivity contribution >= 4 is 21.6 Å². The van der Waals surface area contributed by atoms with Gasteiger partial charge in [-0.15, -0.1) is 0 Å².